The van der Waals surface area contributed by atoms with Gasteiger partial charge in [-0.2, -0.15) is 0 Å². The van der Waals surface area contributed by atoms with Crippen molar-refractivity contribution in [1.29, 1.82) is 0 Å². The van der Waals surface area contributed by atoms with Crippen LogP contribution in [0.5, 0.6) is 0 Å². The Kier molecular flexibility index (Phi) is 3.22. The molecule has 1 N–H and O–H groups in total. The van der Waals surface area contributed by atoms with Crippen LogP contribution in [0.25, 0.3) is 0 Å². The second-order valence-electron chi connectivity index (χ2n) is 7.99. The van der Waals surface area contributed by atoms with Crippen molar-refractivity contribution >= 4 is 6.09 Å². The van der Waals surface area contributed by atoms with Gasteiger partial charge in [0.05, 0.1) is 24.3 Å². The zero-order chi connectivity index (χ0) is 16.2. The fraction of sp³-hybridized carbons (Fsp3) is 0.611. The van der Waals surface area contributed by atoms with E-state index in [4.69, 9.17) is 9.47 Å². The standard InChI is InChI=1S/C18H24N2O3/c1-17(2,3)23-16(21)20-9-18(10-20)11-22-14-8-12-6-4-5-7-13(12)15(14)19-18/h4-7,14-15,19H,8-11H2,1-3H3/t14-,15+/m0/s1. The molecular weight excluding hydrogens is 292 g/mol. The average molecular weight is 316 g/mol. The molecule has 5 heteroatoms. The van der Waals surface area contributed by atoms with Gasteiger partial charge in [-0.15, -0.1) is 0 Å². The van der Waals surface area contributed by atoms with Crippen molar-refractivity contribution in [3.05, 3.63) is 35.4 Å². The normalized spacial score (nSPS) is 28.0. The Morgan fingerprint density at radius 2 is 2.09 bits per heavy atom. The first-order chi connectivity index (χ1) is 10.9. The third-order valence-electron chi connectivity index (χ3n) is 4.86. The van der Waals surface area contributed by atoms with Crippen LogP contribution in [0.15, 0.2) is 24.3 Å². The van der Waals surface area contributed by atoms with Gasteiger partial charge in [0.15, 0.2) is 0 Å². The van der Waals surface area contributed by atoms with E-state index in [0.717, 1.165) is 6.42 Å². The van der Waals surface area contributed by atoms with Gasteiger partial charge in [-0.3, -0.25) is 5.32 Å². The highest BCUT2D eigenvalue weighted by atomic mass is 16.6. The number of hydrogen-bond acceptors (Lipinski definition) is 4. The monoisotopic (exact) mass is 316 g/mol. The quantitative estimate of drug-likeness (QED) is 0.798. The van der Waals surface area contributed by atoms with E-state index in [1.807, 2.05) is 20.8 Å². The number of amides is 1. The molecule has 2 atom stereocenters. The summed E-state index contributed by atoms with van der Waals surface area (Å²) in [5, 5.41) is 3.76. The second-order valence-corrected chi connectivity index (χ2v) is 7.99. The number of hydrogen-bond donors (Lipinski definition) is 1. The number of nitrogens with zero attached hydrogens (tertiary/aromatic N) is 1. The first-order valence-electron chi connectivity index (χ1n) is 8.30. The molecule has 1 spiro atoms. The zero-order valence-electron chi connectivity index (χ0n) is 14.0. The van der Waals surface area contributed by atoms with Crippen molar-refractivity contribution in [1.82, 2.24) is 10.2 Å². The molecule has 0 radical (unpaired) electrons. The lowest BCUT2D eigenvalue weighted by atomic mass is 9.87. The van der Waals surface area contributed by atoms with E-state index in [0.29, 0.717) is 19.7 Å². The first-order valence-corrected chi connectivity index (χ1v) is 8.30. The van der Waals surface area contributed by atoms with E-state index in [1.165, 1.54) is 11.1 Å². The minimum atomic E-state index is -0.453. The van der Waals surface area contributed by atoms with Crippen LogP contribution >= 0.6 is 0 Å². The molecule has 2 fully saturated rings. The summed E-state index contributed by atoms with van der Waals surface area (Å²) < 4.78 is 11.6. The topological polar surface area (TPSA) is 50.8 Å². The number of carbonyl (C=O) groups is 1. The van der Waals surface area contributed by atoms with Gasteiger partial charge < -0.3 is 14.4 Å². The lowest BCUT2D eigenvalue weighted by Gasteiger charge is -2.54. The number of likely N-dealkylation sites (tertiary alicyclic amines) is 1. The summed E-state index contributed by atoms with van der Waals surface area (Å²) in [6.07, 6.45) is 0.951. The van der Waals surface area contributed by atoms with Crippen LogP contribution in [0.1, 0.15) is 37.9 Å². The molecule has 0 aromatic heterocycles. The molecule has 1 aromatic carbocycles. The molecular formula is C18H24N2O3. The molecule has 0 saturated carbocycles. The van der Waals surface area contributed by atoms with E-state index in [2.05, 4.69) is 29.6 Å². The molecule has 2 saturated heterocycles. The van der Waals surface area contributed by atoms with Crippen LogP contribution in [-0.2, 0) is 15.9 Å². The summed E-state index contributed by atoms with van der Waals surface area (Å²) in [4.78, 5) is 13.9. The molecule has 2 aliphatic heterocycles. The third kappa shape index (κ3) is 2.62. The van der Waals surface area contributed by atoms with Crippen molar-refractivity contribution in [3.63, 3.8) is 0 Å². The molecule has 124 valence electrons. The SMILES string of the molecule is CC(C)(C)OC(=O)N1CC2(CO[C@H]3Cc4ccccc4[C@H]3N2)C1. The van der Waals surface area contributed by atoms with Crippen molar-refractivity contribution in [2.75, 3.05) is 19.7 Å². The Labute approximate surface area is 136 Å². The van der Waals surface area contributed by atoms with Gasteiger partial charge in [0.2, 0.25) is 0 Å². The van der Waals surface area contributed by atoms with Crippen LogP contribution in [0, 0.1) is 0 Å². The highest BCUT2D eigenvalue weighted by Gasteiger charge is 2.53. The van der Waals surface area contributed by atoms with Gasteiger partial charge in [0.25, 0.3) is 0 Å². The summed E-state index contributed by atoms with van der Waals surface area (Å²) in [6, 6.07) is 8.76. The number of benzene rings is 1. The zero-order valence-corrected chi connectivity index (χ0v) is 14.0. The number of ether oxygens (including phenoxy) is 2. The van der Waals surface area contributed by atoms with Crippen molar-refractivity contribution < 1.29 is 14.3 Å². The molecule has 4 rings (SSSR count). The molecule has 0 unspecified atom stereocenters. The predicted octanol–water partition coefficient (Wildman–Crippen LogP) is 2.26. The number of carbonyl (C=O) groups excluding carboxylic acids is 1. The van der Waals surface area contributed by atoms with Gasteiger partial charge in [0.1, 0.15) is 5.60 Å². The highest BCUT2D eigenvalue weighted by Crippen LogP contribution is 2.40. The van der Waals surface area contributed by atoms with E-state index in [1.54, 1.807) is 4.90 Å². The fourth-order valence-corrected chi connectivity index (χ4v) is 3.84. The predicted molar refractivity (Wildman–Crippen MR) is 86.3 cm³/mol. The third-order valence-corrected chi connectivity index (χ3v) is 4.86. The molecule has 2 heterocycles. The number of fused-ring (bicyclic) bond motifs is 3. The lowest BCUT2D eigenvalue weighted by Crippen LogP contribution is -2.75. The van der Waals surface area contributed by atoms with Crippen molar-refractivity contribution in [3.8, 4) is 0 Å². The summed E-state index contributed by atoms with van der Waals surface area (Å²) in [7, 11) is 0. The summed E-state index contributed by atoms with van der Waals surface area (Å²) in [5.41, 5.74) is 2.13. The Balaban J connectivity index is 1.43. The summed E-state index contributed by atoms with van der Waals surface area (Å²) in [5.74, 6) is 0. The molecule has 5 nitrogen and oxygen atoms in total. The average Bonchev–Trinajstić information content (AvgIpc) is 2.80. The maximum absolute atomic E-state index is 12.1. The van der Waals surface area contributed by atoms with Crippen molar-refractivity contribution in [2.24, 2.45) is 0 Å². The maximum Gasteiger partial charge on any atom is 0.410 e. The number of rotatable bonds is 0. The maximum atomic E-state index is 12.1. The number of nitrogens with one attached hydrogen (secondary N) is 1. The van der Waals surface area contributed by atoms with Crippen LogP contribution in [0.3, 0.4) is 0 Å². The van der Waals surface area contributed by atoms with Gasteiger partial charge in [-0.25, -0.2) is 4.79 Å². The summed E-state index contributed by atoms with van der Waals surface area (Å²) >= 11 is 0. The van der Waals surface area contributed by atoms with Gasteiger partial charge in [-0.1, -0.05) is 24.3 Å². The minimum absolute atomic E-state index is 0.129. The molecule has 1 amide bonds. The molecule has 1 aliphatic carbocycles. The van der Waals surface area contributed by atoms with Crippen LogP contribution in [-0.4, -0.2) is 47.9 Å². The smallest absolute Gasteiger partial charge is 0.410 e. The van der Waals surface area contributed by atoms with E-state index in [9.17, 15) is 4.79 Å². The highest BCUT2D eigenvalue weighted by molar-refractivity contribution is 5.70. The first kappa shape index (κ1) is 15.0. The van der Waals surface area contributed by atoms with Crippen LogP contribution in [0.4, 0.5) is 4.79 Å². The Morgan fingerprint density at radius 1 is 1.35 bits per heavy atom. The van der Waals surface area contributed by atoms with Crippen LogP contribution < -0.4 is 5.32 Å². The van der Waals surface area contributed by atoms with Crippen molar-refractivity contribution in [2.45, 2.75) is 50.5 Å². The lowest BCUT2D eigenvalue weighted by molar-refractivity contribution is -0.109. The fourth-order valence-electron chi connectivity index (χ4n) is 3.84. The molecule has 3 aliphatic rings. The molecule has 0 bridgehead atoms. The van der Waals surface area contributed by atoms with Gasteiger partial charge in [0, 0.05) is 19.5 Å². The minimum Gasteiger partial charge on any atom is -0.444 e. The number of morpholine rings is 1. The molecule has 23 heavy (non-hydrogen) atoms. The second kappa shape index (κ2) is 4.95. The van der Waals surface area contributed by atoms with E-state index in [-0.39, 0.29) is 23.8 Å². The Hall–Kier alpha value is -1.59. The Morgan fingerprint density at radius 3 is 2.83 bits per heavy atom. The summed E-state index contributed by atoms with van der Waals surface area (Å²) in [6.45, 7) is 7.62. The largest absolute Gasteiger partial charge is 0.444 e. The van der Waals surface area contributed by atoms with Crippen LogP contribution in [0.2, 0.25) is 0 Å². The van der Waals surface area contributed by atoms with E-state index >= 15 is 0 Å². The van der Waals surface area contributed by atoms with Gasteiger partial charge in [-0.05, 0) is 31.9 Å². The van der Waals surface area contributed by atoms with Gasteiger partial charge >= 0.3 is 6.09 Å². The Bertz CT molecular complexity index is 631. The van der Waals surface area contributed by atoms with E-state index < -0.39 is 5.60 Å². The molecule has 1 aromatic rings.